The molecule has 1 heterocycles. The summed E-state index contributed by atoms with van der Waals surface area (Å²) < 4.78 is 6.88. The van der Waals surface area contributed by atoms with E-state index in [2.05, 4.69) is 10.3 Å². The molecule has 0 N–H and O–H groups in total. The molecule has 0 saturated carbocycles. The number of hydrogen-bond acceptors (Lipinski definition) is 4. The number of esters is 1. The summed E-state index contributed by atoms with van der Waals surface area (Å²) in [5.41, 5.74) is 1.18. The second kappa shape index (κ2) is 5.44. The third-order valence-electron chi connectivity index (χ3n) is 2.45. The molecule has 2 aromatic rings. The quantitative estimate of drug-likeness (QED) is 0.775. The molecule has 0 aliphatic carbocycles. The van der Waals surface area contributed by atoms with E-state index >= 15 is 0 Å². The molecule has 18 heavy (non-hydrogen) atoms. The predicted octanol–water partition coefficient (Wildman–Crippen LogP) is 2.22. The SMILES string of the molecule is CC(C)n1cc(COC(=O)c2ccccc2)nn1. The van der Waals surface area contributed by atoms with E-state index < -0.39 is 0 Å². The monoisotopic (exact) mass is 245 g/mol. The predicted molar refractivity (Wildman–Crippen MR) is 66.0 cm³/mol. The van der Waals surface area contributed by atoms with Gasteiger partial charge in [0.1, 0.15) is 12.3 Å². The Bertz CT molecular complexity index is 520. The summed E-state index contributed by atoms with van der Waals surface area (Å²) in [6, 6.07) is 9.12. The number of carbonyl (C=O) groups is 1. The highest BCUT2D eigenvalue weighted by Crippen LogP contribution is 2.06. The van der Waals surface area contributed by atoms with Gasteiger partial charge in [0.2, 0.25) is 0 Å². The van der Waals surface area contributed by atoms with Crippen LogP contribution in [-0.4, -0.2) is 21.0 Å². The number of nitrogens with zero attached hydrogens (tertiary/aromatic N) is 3. The van der Waals surface area contributed by atoms with Crippen molar-refractivity contribution in [1.29, 1.82) is 0 Å². The lowest BCUT2D eigenvalue weighted by atomic mass is 10.2. The second-order valence-corrected chi connectivity index (χ2v) is 4.23. The molecule has 0 unspecified atom stereocenters. The molecular weight excluding hydrogens is 230 g/mol. The number of carbonyl (C=O) groups excluding carboxylic acids is 1. The fourth-order valence-electron chi connectivity index (χ4n) is 1.43. The average molecular weight is 245 g/mol. The van der Waals surface area contributed by atoms with Crippen molar-refractivity contribution < 1.29 is 9.53 Å². The van der Waals surface area contributed by atoms with Crippen molar-refractivity contribution in [2.45, 2.75) is 26.5 Å². The van der Waals surface area contributed by atoms with Crippen LogP contribution in [0.3, 0.4) is 0 Å². The van der Waals surface area contributed by atoms with Gasteiger partial charge in [0.05, 0.1) is 11.8 Å². The maximum Gasteiger partial charge on any atom is 0.338 e. The molecule has 0 atom stereocenters. The standard InChI is InChI=1S/C13H15N3O2/c1-10(2)16-8-12(14-15-16)9-18-13(17)11-6-4-3-5-7-11/h3-8,10H,9H2,1-2H3. The Hall–Kier alpha value is -2.17. The molecule has 5 heteroatoms. The highest BCUT2D eigenvalue weighted by atomic mass is 16.5. The summed E-state index contributed by atoms with van der Waals surface area (Å²) in [5.74, 6) is -0.352. The van der Waals surface area contributed by atoms with Crippen LogP contribution in [0.15, 0.2) is 36.5 Å². The van der Waals surface area contributed by atoms with Gasteiger partial charge in [-0.1, -0.05) is 23.4 Å². The molecule has 5 nitrogen and oxygen atoms in total. The summed E-state index contributed by atoms with van der Waals surface area (Å²) in [5, 5.41) is 7.88. The zero-order valence-corrected chi connectivity index (χ0v) is 10.4. The molecule has 94 valence electrons. The van der Waals surface area contributed by atoms with E-state index in [1.807, 2.05) is 19.9 Å². The molecule has 1 aromatic carbocycles. The van der Waals surface area contributed by atoms with Crippen LogP contribution in [0.1, 0.15) is 35.9 Å². The van der Waals surface area contributed by atoms with Gasteiger partial charge in [0, 0.05) is 6.04 Å². The first kappa shape index (κ1) is 12.3. The number of hydrogen-bond donors (Lipinski definition) is 0. The molecule has 0 aliphatic heterocycles. The molecule has 0 aliphatic rings. The average Bonchev–Trinajstić information content (AvgIpc) is 2.86. The minimum Gasteiger partial charge on any atom is -0.455 e. The van der Waals surface area contributed by atoms with E-state index in [9.17, 15) is 4.79 Å². The van der Waals surface area contributed by atoms with Gasteiger partial charge in [0.25, 0.3) is 0 Å². The van der Waals surface area contributed by atoms with Gasteiger partial charge in [-0.05, 0) is 26.0 Å². The minimum absolute atomic E-state index is 0.139. The van der Waals surface area contributed by atoms with Crippen molar-refractivity contribution in [3.8, 4) is 0 Å². The Morgan fingerprint density at radius 1 is 1.33 bits per heavy atom. The molecular formula is C13H15N3O2. The Morgan fingerprint density at radius 2 is 2.06 bits per heavy atom. The topological polar surface area (TPSA) is 57.0 Å². The van der Waals surface area contributed by atoms with Crippen molar-refractivity contribution in [3.63, 3.8) is 0 Å². The van der Waals surface area contributed by atoms with E-state index in [0.717, 1.165) is 0 Å². The van der Waals surface area contributed by atoms with Crippen molar-refractivity contribution in [1.82, 2.24) is 15.0 Å². The summed E-state index contributed by atoms with van der Waals surface area (Å²) in [6.07, 6.45) is 1.78. The molecule has 2 rings (SSSR count). The summed E-state index contributed by atoms with van der Waals surface area (Å²) in [7, 11) is 0. The minimum atomic E-state index is -0.352. The maximum absolute atomic E-state index is 11.7. The van der Waals surface area contributed by atoms with Crippen LogP contribution >= 0.6 is 0 Å². The first-order valence-corrected chi connectivity index (χ1v) is 5.79. The molecule has 0 fully saturated rings. The van der Waals surface area contributed by atoms with Crippen LogP contribution in [0, 0.1) is 0 Å². The van der Waals surface area contributed by atoms with Crippen molar-refractivity contribution in [3.05, 3.63) is 47.8 Å². The lowest BCUT2D eigenvalue weighted by molar-refractivity contribution is 0.0467. The van der Waals surface area contributed by atoms with Crippen molar-refractivity contribution in [2.24, 2.45) is 0 Å². The molecule has 1 aromatic heterocycles. The Morgan fingerprint density at radius 3 is 2.67 bits per heavy atom. The van der Waals surface area contributed by atoms with Crippen molar-refractivity contribution >= 4 is 5.97 Å². The Kier molecular flexibility index (Phi) is 3.72. The van der Waals surface area contributed by atoms with Gasteiger partial charge in [-0.25, -0.2) is 9.48 Å². The number of ether oxygens (including phenoxy) is 1. The summed E-state index contributed by atoms with van der Waals surface area (Å²) in [6.45, 7) is 4.16. The van der Waals surface area contributed by atoms with Crippen LogP contribution in [0.25, 0.3) is 0 Å². The van der Waals surface area contributed by atoms with Gasteiger partial charge < -0.3 is 4.74 Å². The van der Waals surface area contributed by atoms with Gasteiger partial charge >= 0.3 is 5.97 Å². The van der Waals surface area contributed by atoms with Crippen LogP contribution in [-0.2, 0) is 11.3 Å². The Labute approximate surface area is 105 Å². The maximum atomic E-state index is 11.7. The van der Waals surface area contributed by atoms with Crippen LogP contribution in [0.5, 0.6) is 0 Å². The Balaban J connectivity index is 1.93. The normalized spacial score (nSPS) is 10.6. The van der Waals surface area contributed by atoms with E-state index in [-0.39, 0.29) is 18.6 Å². The second-order valence-electron chi connectivity index (χ2n) is 4.23. The molecule has 0 spiro atoms. The van der Waals surface area contributed by atoms with E-state index in [4.69, 9.17) is 4.74 Å². The smallest absolute Gasteiger partial charge is 0.338 e. The number of aromatic nitrogens is 3. The number of rotatable bonds is 4. The van der Waals surface area contributed by atoms with Gasteiger partial charge in [-0.2, -0.15) is 0 Å². The summed E-state index contributed by atoms with van der Waals surface area (Å²) in [4.78, 5) is 11.7. The zero-order valence-electron chi connectivity index (χ0n) is 10.4. The highest BCUT2D eigenvalue weighted by molar-refractivity contribution is 5.89. The third kappa shape index (κ3) is 2.94. The third-order valence-corrected chi connectivity index (χ3v) is 2.45. The van der Waals surface area contributed by atoms with E-state index in [1.54, 1.807) is 35.1 Å². The lowest BCUT2D eigenvalue weighted by Crippen LogP contribution is -2.05. The molecule has 0 saturated heterocycles. The van der Waals surface area contributed by atoms with Gasteiger partial charge in [0.15, 0.2) is 0 Å². The lowest BCUT2D eigenvalue weighted by Gasteiger charge is -2.02. The van der Waals surface area contributed by atoms with Crippen LogP contribution in [0.4, 0.5) is 0 Å². The molecule has 0 amide bonds. The fourth-order valence-corrected chi connectivity index (χ4v) is 1.43. The first-order valence-electron chi connectivity index (χ1n) is 5.79. The zero-order chi connectivity index (χ0) is 13.0. The largest absolute Gasteiger partial charge is 0.455 e. The molecule has 0 radical (unpaired) electrons. The number of benzene rings is 1. The van der Waals surface area contributed by atoms with Gasteiger partial charge in [-0.3, -0.25) is 0 Å². The van der Waals surface area contributed by atoms with Crippen LogP contribution in [0.2, 0.25) is 0 Å². The van der Waals surface area contributed by atoms with E-state index in [1.165, 1.54) is 0 Å². The highest BCUT2D eigenvalue weighted by Gasteiger charge is 2.09. The fraction of sp³-hybridized carbons (Fsp3) is 0.308. The van der Waals surface area contributed by atoms with Crippen molar-refractivity contribution in [2.75, 3.05) is 0 Å². The van der Waals surface area contributed by atoms with E-state index in [0.29, 0.717) is 11.3 Å². The molecule has 0 bridgehead atoms. The van der Waals surface area contributed by atoms with Gasteiger partial charge in [-0.15, -0.1) is 5.10 Å². The van der Waals surface area contributed by atoms with Crippen LogP contribution < -0.4 is 0 Å². The summed E-state index contributed by atoms with van der Waals surface area (Å²) >= 11 is 0. The first-order chi connectivity index (χ1) is 8.66.